The van der Waals surface area contributed by atoms with E-state index < -0.39 is 0 Å². The Morgan fingerprint density at radius 1 is 1.00 bits per heavy atom. The van der Waals surface area contributed by atoms with Crippen LogP contribution >= 0.6 is 0 Å². The van der Waals surface area contributed by atoms with Crippen molar-refractivity contribution in [3.63, 3.8) is 0 Å². The molecular formula is C20H23FN6. The quantitative estimate of drug-likeness (QED) is 0.711. The minimum Gasteiger partial charge on any atom is -0.352 e. The van der Waals surface area contributed by atoms with Crippen molar-refractivity contribution in [2.24, 2.45) is 0 Å². The Morgan fingerprint density at radius 2 is 1.85 bits per heavy atom. The smallest absolute Gasteiger partial charge is 0.203 e. The summed E-state index contributed by atoms with van der Waals surface area (Å²) in [5, 5.41) is 8.86. The lowest BCUT2D eigenvalue weighted by atomic mass is 10.2. The van der Waals surface area contributed by atoms with Crippen LogP contribution in [0.2, 0.25) is 0 Å². The summed E-state index contributed by atoms with van der Waals surface area (Å²) >= 11 is 0. The summed E-state index contributed by atoms with van der Waals surface area (Å²) in [7, 11) is 0. The van der Waals surface area contributed by atoms with Crippen molar-refractivity contribution in [1.29, 1.82) is 0 Å². The Labute approximate surface area is 157 Å². The summed E-state index contributed by atoms with van der Waals surface area (Å²) in [5.41, 5.74) is 2.02. The maximum Gasteiger partial charge on any atom is 0.203 e. The monoisotopic (exact) mass is 366 g/mol. The molecule has 0 unspecified atom stereocenters. The van der Waals surface area contributed by atoms with Crippen LogP contribution in [0, 0.1) is 5.82 Å². The van der Waals surface area contributed by atoms with Crippen LogP contribution in [-0.4, -0.2) is 50.7 Å². The number of hydrogen-bond donors (Lipinski definition) is 0. The van der Waals surface area contributed by atoms with Crippen LogP contribution in [0.15, 0.2) is 36.7 Å². The molecule has 1 aliphatic carbocycles. The Kier molecular flexibility index (Phi) is 4.24. The van der Waals surface area contributed by atoms with E-state index >= 15 is 0 Å². The molecule has 7 heteroatoms. The molecule has 2 aliphatic rings. The molecule has 6 nitrogen and oxygen atoms in total. The van der Waals surface area contributed by atoms with E-state index in [0.29, 0.717) is 5.92 Å². The fraction of sp³-hybridized carbons (Fsp3) is 0.450. The van der Waals surface area contributed by atoms with Gasteiger partial charge in [0.1, 0.15) is 11.6 Å². The third-order valence-electron chi connectivity index (χ3n) is 5.48. The van der Waals surface area contributed by atoms with Crippen molar-refractivity contribution < 1.29 is 4.39 Å². The van der Waals surface area contributed by atoms with Gasteiger partial charge in [-0.25, -0.2) is 9.37 Å². The largest absolute Gasteiger partial charge is 0.352 e. The zero-order chi connectivity index (χ0) is 18.2. The highest BCUT2D eigenvalue weighted by molar-refractivity contribution is 5.64. The van der Waals surface area contributed by atoms with Gasteiger partial charge in [-0.3, -0.25) is 9.30 Å². The molecule has 27 heavy (non-hydrogen) atoms. The minimum absolute atomic E-state index is 0.182. The second kappa shape index (κ2) is 6.88. The molecule has 2 fully saturated rings. The van der Waals surface area contributed by atoms with Gasteiger partial charge in [0.05, 0.1) is 0 Å². The molecule has 2 aromatic heterocycles. The molecule has 0 atom stereocenters. The van der Waals surface area contributed by atoms with Gasteiger partial charge < -0.3 is 4.90 Å². The van der Waals surface area contributed by atoms with Crippen LogP contribution in [-0.2, 0) is 6.54 Å². The maximum atomic E-state index is 13.1. The molecule has 1 saturated carbocycles. The normalized spacial score (nSPS) is 18.8. The second-order valence-corrected chi connectivity index (χ2v) is 7.52. The summed E-state index contributed by atoms with van der Waals surface area (Å²) < 4.78 is 15.2. The van der Waals surface area contributed by atoms with Gasteiger partial charge in [-0.05, 0) is 37.0 Å². The molecule has 1 aliphatic heterocycles. The number of nitrogens with zero attached hydrogens (tertiary/aromatic N) is 6. The first-order valence-electron chi connectivity index (χ1n) is 9.69. The van der Waals surface area contributed by atoms with Crippen LogP contribution in [0.4, 0.5) is 10.2 Å². The van der Waals surface area contributed by atoms with Crippen molar-refractivity contribution >= 4 is 11.5 Å². The van der Waals surface area contributed by atoms with E-state index in [1.54, 1.807) is 0 Å². The molecule has 1 saturated heterocycles. The highest BCUT2D eigenvalue weighted by Gasteiger charge is 2.29. The number of halogens is 1. The summed E-state index contributed by atoms with van der Waals surface area (Å²) in [6.07, 6.45) is 7.32. The molecule has 0 amide bonds. The van der Waals surface area contributed by atoms with E-state index in [9.17, 15) is 4.39 Å². The third-order valence-corrected chi connectivity index (χ3v) is 5.48. The highest BCUT2D eigenvalue weighted by atomic mass is 19.1. The van der Waals surface area contributed by atoms with Crippen LogP contribution in [0.1, 0.15) is 36.6 Å². The molecule has 5 rings (SSSR count). The molecule has 0 N–H and O–H groups in total. The van der Waals surface area contributed by atoms with E-state index in [0.717, 1.165) is 62.0 Å². The van der Waals surface area contributed by atoms with E-state index in [2.05, 4.69) is 29.4 Å². The van der Waals surface area contributed by atoms with E-state index in [1.165, 1.54) is 25.0 Å². The van der Waals surface area contributed by atoms with E-state index in [4.69, 9.17) is 0 Å². The SMILES string of the molecule is Fc1ccc(CN2CCCN(c3nccn4c(C5CC5)nnc34)CC2)cc1. The van der Waals surface area contributed by atoms with Crippen LogP contribution in [0.3, 0.4) is 0 Å². The molecule has 3 heterocycles. The van der Waals surface area contributed by atoms with Crippen LogP contribution in [0.25, 0.3) is 5.65 Å². The standard InChI is InChI=1S/C20H23FN6/c21-17-6-2-15(3-7-17)14-25-9-1-10-26(13-12-25)19-20-24-23-18(16-4-5-16)27(20)11-8-22-19/h2-3,6-8,11,16H,1,4-5,9-10,12-14H2. The Balaban J connectivity index is 1.32. The van der Waals surface area contributed by atoms with Gasteiger partial charge in [0.25, 0.3) is 0 Å². The number of aromatic nitrogens is 4. The van der Waals surface area contributed by atoms with Gasteiger partial charge in [0, 0.05) is 51.0 Å². The second-order valence-electron chi connectivity index (χ2n) is 7.52. The lowest BCUT2D eigenvalue weighted by molar-refractivity contribution is 0.285. The lowest BCUT2D eigenvalue weighted by Gasteiger charge is -2.23. The van der Waals surface area contributed by atoms with Crippen molar-refractivity contribution in [3.8, 4) is 0 Å². The van der Waals surface area contributed by atoms with Crippen molar-refractivity contribution in [2.75, 3.05) is 31.1 Å². The number of fused-ring (bicyclic) bond motifs is 1. The molecule has 0 radical (unpaired) electrons. The zero-order valence-corrected chi connectivity index (χ0v) is 15.3. The summed E-state index contributed by atoms with van der Waals surface area (Å²) in [6, 6.07) is 6.81. The fourth-order valence-corrected chi connectivity index (χ4v) is 3.86. The Morgan fingerprint density at radius 3 is 2.67 bits per heavy atom. The van der Waals surface area contributed by atoms with Gasteiger partial charge in [-0.1, -0.05) is 12.1 Å². The van der Waals surface area contributed by atoms with E-state index in [-0.39, 0.29) is 5.82 Å². The lowest BCUT2D eigenvalue weighted by Crippen LogP contribution is -2.31. The highest BCUT2D eigenvalue weighted by Crippen LogP contribution is 2.39. The summed E-state index contributed by atoms with van der Waals surface area (Å²) in [6.45, 7) is 4.68. The Bertz CT molecular complexity index is 933. The third kappa shape index (κ3) is 3.39. The van der Waals surface area contributed by atoms with Gasteiger partial charge in [-0.2, -0.15) is 0 Å². The molecular weight excluding hydrogens is 343 g/mol. The predicted molar refractivity (Wildman–Crippen MR) is 101 cm³/mol. The molecule has 0 bridgehead atoms. The first-order valence-corrected chi connectivity index (χ1v) is 9.69. The van der Waals surface area contributed by atoms with Gasteiger partial charge in [-0.15, -0.1) is 10.2 Å². The molecule has 1 aromatic carbocycles. The molecule has 140 valence electrons. The zero-order valence-electron chi connectivity index (χ0n) is 15.3. The topological polar surface area (TPSA) is 49.6 Å². The van der Waals surface area contributed by atoms with Crippen molar-refractivity contribution in [1.82, 2.24) is 24.5 Å². The maximum absolute atomic E-state index is 13.1. The summed E-state index contributed by atoms with van der Waals surface area (Å²) in [5.74, 6) is 2.38. The van der Waals surface area contributed by atoms with Gasteiger partial charge in [0.2, 0.25) is 5.65 Å². The van der Waals surface area contributed by atoms with E-state index in [1.807, 2.05) is 24.5 Å². The Hall–Kier alpha value is -2.54. The first kappa shape index (κ1) is 16.6. The average molecular weight is 366 g/mol. The van der Waals surface area contributed by atoms with Crippen LogP contribution in [0.5, 0.6) is 0 Å². The van der Waals surface area contributed by atoms with Crippen molar-refractivity contribution in [3.05, 3.63) is 53.9 Å². The number of hydrogen-bond acceptors (Lipinski definition) is 5. The summed E-state index contributed by atoms with van der Waals surface area (Å²) in [4.78, 5) is 9.37. The fourth-order valence-electron chi connectivity index (χ4n) is 3.86. The van der Waals surface area contributed by atoms with Gasteiger partial charge >= 0.3 is 0 Å². The van der Waals surface area contributed by atoms with Crippen molar-refractivity contribution in [2.45, 2.75) is 31.7 Å². The molecule has 0 spiro atoms. The van der Waals surface area contributed by atoms with Gasteiger partial charge in [0.15, 0.2) is 5.82 Å². The number of anilines is 1. The average Bonchev–Trinajstić information content (AvgIpc) is 3.47. The molecule has 3 aromatic rings. The minimum atomic E-state index is -0.182. The number of rotatable bonds is 4. The first-order chi connectivity index (χ1) is 13.3. The van der Waals surface area contributed by atoms with Crippen LogP contribution < -0.4 is 4.90 Å². The predicted octanol–water partition coefficient (Wildman–Crippen LogP) is 2.85. The number of benzene rings is 1.